The molecule has 0 spiro atoms. The molecule has 1 fully saturated rings. The van der Waals surface area contributed by atoms with Gasteiger partial charge in [-0.3, -0.25) is 4.79 Å². The summed E-state index contributed by atoms with van der Waals surface area (Å²) >= 11 is 6.67. The van der Waals surface area contributed by atoms with Gasteiger partial charge in [-0.1, -0.05) is 15.9 Å². The van der Waals surface area contributed by atoms with Crippen LogP contribution in [0, 0.1) is 11.3 Å². The molecular formula is C12H10Br2N2O. The van der Waals surface area contributed by atoms with E-state index in [0.29, 0.717) is 5.56 Å². The number of carbonyl (C=O) groups is 1. The molecule has 0 bridgehead atoms. The Morgan fingerprint density at radius 1 is 1.41 bits per heavy atom. The Kier molecular flexibility index (Phi) is 3.55. The largest absolute Gasteiger partial charge is 0.334 e. The minimum absolute atomic E-state index is 0.203. The lowest BCUT2D eigenvalue weighted by atomic mass is 9.78. The molecule has 1 amide bonds. The summed E-state index contributed by atoms with van der Waals surface area (Å²) in [6, 6.07) is 7.54. The van der Waals surface area contributed by atoms with Crippen LogP contribution >= 0.6 is 31.9 Å². The van der Waals surface area contributed by atoms with Crippen molar-refractivity contribution in [1.82, 2.24) is 5.32 Å². The van der Waals surface area contributed by atoms with Gasteiger partial charge < -0.3 is 5.32 Å². The van der Waals surface area contributed by atoms with Crippen LogP contribution < -0.4 is 5.32 Å². The maximum atomic E-state index is 12.0. The molecule has 1 aliphatic carbocycles. The number of rotatable bonds is 2. The van der Waals surface area contributed by atoms with Gasteiger partial charge in [0.2, 0.25) is 0 Å². The van der Waals surface area contributed by atoms with Crippen molar-refractivity contribution in [2.24, 2.45) is 0 Å². The summed E-state index contributed by atoms with van der Waals surface area (Å²) in [5.74, 6) is -0.203. The van der Waals surface area contributed by atoms with Gasteiger partial charge in [-0.25, -0.2) is 0 Å². The number of hydrogen-bond acceptors (Lipinski definition) is 2. The first kappa shape index (κ1) is 12.6. The van der Waals surface area contributed by atoms with E-state index in [0.717, 1.165) is 28.2 Å². The highest BCUT2D eigenvalue weighted by atomic mass is 79.9. The van der Waals surface area contributed by atoms with Crippen LogP contribution in [0.5, 0.6) is 0 Å². The Morgan fingerprint density at radius 3 is 2.59 bits per heavy atom. The average Bonchev–Trinajstić information content (AvgIpc) is 2.23. The highest BCUT2D eigenvalue weighted by molar-refractivity contribution is 9.11. The molecule has 0 aliphatic heterocycles. The van der Waals surface area contributed by atoms with Gasteiger partial charge in [0.25, 0.3) is 5.91 Å². The van der Waals surface area contributed by atoms with Crippen LogP contribution in [0.25, 0.3) is 0 Å². The van der Waals surface area contributed by atoms with Crippen molar-refractivity contribution in [3.05, 3.63) is 32.7 Å². The van der Waals surface area contributed by atoms with E-state index in [1.54, 1.807) is 12.1 Å². The minimum Gasteiger partial charge on any atom is -0.334 e. The van der Waals surface area contributed by atoms with Crippen molar-refractivity contribution >= 4 is 37.8 Å². The third-order valence-electron chi connectivity index (χ3n) is 2.95. The number of benzene rings is 1. The van der Waals surface area contributed by atoms with E-state index in [1.165, 1.54) is 0 Å². The van der Waals surface area contributed by atoms with Gasteiger partial charge in [-0.2, -0.15) is 5.26 Å². The van der Waals surface area contributed by atoms with Crippen LogP contribution in [0.1, 0.15) is 29.6 Å². The molecule has 1 aromatic carbocycles. The van der Waals surface area contributed by atoms with Crippen molar-refractivity contribution in [2.45, 2.75) is 24.8 Å². The van der Waals surface area contributed by atoms with E-state index in [4.69, 9.17) is 5.26 Å². The van der Waals surface area contributed by atoms with E-state index >= 15 is 0 Å². The number of carbonyl (C=O) groups excluding carboxylic acids is 1. The Bertz CT molecular complexity index is 504. The molecule has 0 atom stereocenters. The van der Waals surface area contributed by atoms with Crippen LogP contribution in [0.15, 0.2) is 27.1 Å². The van der Waals surface area contributed by atoms with Gasteiger partial charge in [-0.15, -0.1) is 0 Å². The summed E-state index contributed by atoms with van der Waals surface area (Å²) < 4.78 is 1.62. The number of nitriles is 1. The molecule has 1 saturated carbocycles. The van der Waals surface area contributed by atoms with Gasteiger partial charge in [0, 0.05) is 8.95 Å². The van der Waals surface area contributed by atoms with Gasteiger partial charge in [-0.05, 0) is 53.4 Å². The monoisotopic (exact) mass is 356 g/mol. The first-order valence-electron chi connectivity index (χ1n) is 5.25. The summed E-state index contributed by atoms with van der Waals surface area (Å²) in [5.41, 5.74) is -0.0985. The molecule has 0 unspecified atom stereocenters. The fraction of sp³-hybridized carbons (Fsp3) is 0.333. The zero-order valence-corrected chi connectivity index (χ0v) is 12.1. The van der Waals surface area contributed by atoms with Crippen molar-refractivity contribution in [1.29, 1.82) is 5.26 Å². The molecule has 88 valence electrons. The number of hydrogen-bond donors (Lipinski definition) is 1. The summed E-state index contributed by atoms with van der Waals surface area (Å²) in [5, 5.41) is 11.9. The second kappa shape index (κ2) is 4.79. The standard InChI is InChI=1S/C12H10Br2N2O/c13-8-2-3-9(10(14)6-8)11(17)16-12(7-15)4-1-5-12/h2-3,6H,1,4-5H2,(H,16,17). The van der Waals surface area contributed by atoms with E-state index in [-0.39, 0.29) is 5.91 Å². The van der Waals surface area contributed by atoms with Crippen LogP contribution in [0.3, 0.4) is 0 Å². The van der Waals surface area contributed by atoms with Gasteiger partial charge >= 0.3 is 0 Å². The van der Waals surface area contributed by atoms with Crippen molar-refractivity contribution in [3.8, 4) is 6.07 Å². The molecular weight excluding hydrogens is 348 g/mol. The van der Waals surface area contributed by atoms with E-state index < -0.39 is 5.54 Å². The van der Waals surface area contributed by atoms with E-state index in [9.17, 15) is 4.79 Å². The quantitative estimate of drug-likeness (QED) is 0.881. The van der Waals surface area contributed by atoms with E-state index in [1.807, 2.05) is 6.07 Å². The fourth-order valence-electron chi connectivity index (χ4n) is 1.75. The third-order valence-corrected chi connectivity index (χ3v) is 4.10. The minimum atomic E-state index is -0.649. The Labute approximate surface area is 116 Å². The van der Waals surface area contributed by atoms with Crippen LogP contribution in [-0.2, 0) is 0 Å². The topological polar surface area (TPSA) is 52.9 Å². The van der Waals surface area contributed by atoms with Crippen molar-refractivity contribution in [2.75, 3.05) is 0 Å². The molecule has 17 heavy (non-hydrogen) atoms. The molecule has 1 N–H and O–H groups in total. The van der Waals surface area contributed by atoms with Crippen LogP contribution in [-0.4, -0.2) is 11.4 Å². The summed E-state index contributed by atoms with van der Waals surface area (Å²) in [7, 11) is 0. The maximum absolute atomic E-state index is 12.0. The molecule has 1 aromatic rings. The highest BCUT2D eigenvalue weighted by Crippen LogP contribution is 2.32. The van der Waals surface area contributed by atoms with Crippen LogP contribution in [0.2, 0.25) is 0 Å². The molecule has 5 heteroatoms. The number of nitrogens with one attached hydrogen (secondary N) is 1. The van der Waals surface area contributed by atoms with Crippen molar-refractivity contribution in [3.63, 3.8) is 0 Å². The zero-order chi connectivity index (χ0) is 12.5. The maximum Gasteiger partial charge on any atom is 0.253 e. The molecule has 0 radical (unpaired) electrons. The third kappa shape index (κ3) is 2.53. The normalized spacial score (nSPS) is 16.8. The lowest BCUT2D eigenvalue weighted by Crippen LogP contribution is -2.52. The Hall–Kier alpha value is -0.860. The highest BCUT2D eigenvalue weighted by Gasteiger charge is 2.38. The molecule has 0 heterocycles. The fourth-order valence-corrected chi connectivity index (χ4v) is 2.98. The summed E-state index contributed by atoms with van der Waals surface area (Å²) in [6.45, 7) is 0. The Morgan fingerprint density at radius 2 is 2.12 bits per heavy atom. The average molecular weight is 358 g/mol. The van der Waals surface area contributed by atoms with E-state index in [2.05, 4.69) is 43.2 Å². The predicted octanol–water partition coefficient (Wildman–Crippen LogP) is 3.39. The lowest BCUT2D eigenvalue weighted by molar-refractivity contribution is 0.0880. The molecule has 1 aliphatic rings. The molecule has 3 nitrogen and oxygen atoms in total. The van der Waals surface area contributed by atoms with Gasteiger partial charge in [0.05, 0.1) is 11.6 Å². The van der Waals surface area contributed by atoms with Crippen molar-refractivity contribution < 1.29 is 4.79 Å². The first-order valence-corrected chi connectivity index (χ1v) is 6.84. The molecule has 2 rings (SSSR count). The SMILES string of the molecule is N#CC1(NC(=O)c2ccc(Br)cc2Br)CCC1. The summed E-state index contributed by atoms with van der Waals surface area (Å²) in [4.78, 5) is 12.0. The van der Waals surface area contributed by atoms with Gasteiger partial charge in [0.15, 0.2) is 0 Å². The molecule has 0 saturated heterocycles. The number of amides is 1. The number of nitrogens with zero attached hydrogens (tertiary/aromatic N) is 1. The van der Waals surface area contributed by atoms with Crippen LogP contribution in [0.4, 0.5) is 0 Å². The number of halogens is 2. The lowest BCUT2D eigenvalue weighted by Gasteiger charge is -2.35. The molecule has 0 aromatic heterocycles. The smallest absolute Gasteiger partial charge is 0.253 e. The predicted molar refractivity (Wildman–Crippen MR) is 71.5 cm³/mol. The Balaban J connectivity index is 2.18. The zero-order valence-electron chi connectivity index (χ0n) is 8.96. The second-order valence-corrected chi connectivity index (χ2v) is 5.90. The summed E-state index contributed by atoms with van der Waals surface area (Å²) in [6.07, 6.45) is 2.47. The van der Waals surface area contributed by atoms with Gasteiger partial charge in [0.1, 0.15) is 5.54 Å². The second-order valence-electron chi connectivity index (χ2n) is 4.13. The first-order chi connectivity index (χ1) is 8.06.